The van der Waals surface area contributed by atoms with Crippen LogP contribution in [-0.4, -0.2) is 17.1 Å². The Labute approximate surface area is 108 Å². The van der Waals surface area contributed by atoms with E-state index >= 15 is 0 Å². The predicted molar refractivity (Wildman–Crippen MR) is 73.0 cm³/mol. The highest BCUT2D eigenvalue weighted by molar-refractivity contribution is 5.85. The molecule has 0 spiro atoms. The molecule has 0 aliphatic heterocycles. The van der Waals surface area contributed by atoms with E-state index in [-0.39, 0.29) is 0 Å². The monoisotopic (exact) mass is 247 g/mol. The fourth-order valence-corrected chi connectivity index (χ4v) is 2.43. The maximum absolute atomic E-state index is 11.2. The highest BCUT2D eigenvalue weighted by atomic mass is 16.4. The number of aliphatic carboxylic acids is 1. The van der Waals surface area contributed by atoms with Crippen LogP contribution in [0.25, 0.3) is 0 Å². The number of anilines is 1. The second kappa shape index (κ2) is 5.01. The van der Waals surface area contributed by atoms with E-state index in [9.17, 15) is 9.90 Å². The highest BCUT2D eigenvalue weighted by Crippen LogP contribution is 2.48. The Morgan fingerprint density at radius 1 is 1.39 bits per heavy atom. The Balaban J connectivity index is 2.04. The topological polar surface area (TPSA) is 49.3 Å². The maximum Gasteiger partial charge on any atom is 0.314 e. The summed E-state index contributed by atoms with van der Waals surface area (Å²) in [6.07, 6.45) is 3.83. The van der Waals surface area contributed by atoms with Crippen LogP contribution in [0.15, 0.2) is 24.3 Å². The van der Waals surface area contributed by atoms with E-state index in [4.69, 9.17) is 0 Å². The van der Waals surface area contributed by atoms with Crippen LogP contribution in [0, 0.1) is 0 Å². The summed E-state index contributed by atoms with van der Waals surface area (Å²) in [6.45, 7) is 4.34. The Bertz CT molecular complexity index is 421. The van der Waals surface area contributed by atoms with Gasteiger partial charge in [0.2, 0.25) is 0 Å². The third-order valence-corrected chi connectivity index (χ3v) is 3.73. The second-order valence-electron chi connectivity index (χ2n) is 5.30. The van der Waals surface area contributed by atoms with E-state index in [1.807, 2.05) is 24.3 Å². The second-order valence-corrected chi connectivity index (χ2v) is 5.30. The molecule has 0 radical (unpaired) electrons. The minimum absolute atomic E-state index is 0.454. The average molecular weight is 247 g/mol. The Morgan fingerprint density at radius 3 is 2.44 bits per heavy atom. The molecule has 0 bridgehead atoms. The Kier molecular flexibility index (Phi) is 3.60. The Morgan fingerprint density at radius 2 is 2.00 bits per heavy atom. The quantitative estimate of drug-likeness (QED) is 0.810. The van der Waals surface area contributed by atoms with Gasteiger partial charge in [-0.15, -0.1) is 0 Å². The first-order chi connectivity index (χ1) is 8.58. The summed E-state index contributed by atoms with van der Waals surface area (Å²) >= 11 is 0. The molecule has 0 saturated heterocycles. The van der Waals surface area contributed by atoms with Crippen LogP contribution in [0.1, 0.15) is 45.1 Å². The summed E-state index contributed by atoms with van der Waals surface area (Å²) in [5.74, 6) is -0.692. The van der Waals surface area contributed by atoms with Crippen LogP contribution >= 0.6 is 0 Å². The number of hydrogen-bond donors (Lipinski definition) is 2. The number of rotatable bonds is 6. The van der Waals surface area contributed by atoms with Gasteiger partial charge in [0.15, 0.2) is 0 Å². The van der Waals surface area contributed by atoms with E-state index < -0.39 is 11.4 Å². The third-order valence-electron chi connectivity index (χ3n) is 3.73. The molecule has 2 N–H and O–H groups in total. The van der Waals surface area contributed by atoms with E-state index in [0.29, 0.717) is 6.04 Å². The van der Waals surface area contributed by atoms with Gasteiger partial charge in [-0.1, -0.05) is 25.5 Å². The van der Waals surface area contributed by atoms with Crippen LogP contribution < -0.4 is 5.32 Å². The normalized spacial score (nSPS) is 18.1. The number of carboxylic acid groups (broad SMARTS) is 1. The maximum atomic E-state index is 11.2. The van der Waals surface area contributed by atoms with E-state index in [1.54, 1.807) is 0 Å². The zero-order valence-electron chi connectivity index (χ0n) is 11.1. The third kappa shape index (κ3) is 2.50. The van der Waals surface area contributed by atoms with Crippen molar-refractivity contribution < 1.29 is 9.90 Å². The van der Waals surface area contributed by atoms with Crippen molar-refractivity contribution in [2.75, 3.05) is 5.32 Å². The van der Waals surface area contributed by atoms with Crippen molar-refractivity contribution in [1.82, 2.24) is 0 Å². The first-order valence-corrected chi connectivity index (χ1v) is 6.69. The fourth-order valence-electron chi connectivity index (χ4n) is 2.43. The van der Waals surface area contributed by atoms with Gasteiger partial charge in [0.1, 0.15) is 0 Å². The molecule has 1 aliphatic rings. The molecule has 1 aromatic rings. The summed E-state index contributed by atoms with van der Waals surface area (Å²) in [7, 11) is 0. The molecule has 2 rings (SSSR count). The van der Waals surface area contributed by atoms with Crippen LogP contribution in [-0.2, 0) is 10.2 Å². The Hall–Kier alpha value is -1.51. The fraction of sp³-hybridized carbons (Fsp3) is 0.533. The van der Waals surface area contributed by atoms with Gasteiger partial charge >= 0.3 is 5.97 Å². The van der Waals surface area contributed by atoms with Crippen LogP contribution in [0.3, 0.4) is 0 Å². The van der Waals surface area contributed by atoms with Gasteiger partial charge < -0.3 is 10.4 Å². The molecule has 0 heterocycles. The molecule has 1 atom stereocenters. The summed E-state index contributed by atoms with van der Waals surface area (Å²) < 4.78 is 0. The van der Waals surface area contributed by atoms with Crippen molar-refractivity contribution in [3.05, 3.63) is 29.8 Å². The number of hydrogen-bond acceptors (Lipinski definition) is 2. The lowest BCUT2D eigenvalue weighted by atomic mass is 9.96. The molecular weight excluding hydrogens is 226 g/mol. The lowest BCUT2D eigenvalue weighted by molar-refractivity contribution is -0.140. The molecule has 0 amide bonds. The van der Waals surface area contributed by atoms with Crippen molar-refractivity contribution in [1.29, 1.82) is 0 Å². The van der Waals surface area contributed by atoms with Crippen molar-refractivity contribution >= 4 is 11.7 Å². The van der Waals surface area contributed by atoms with E-state index in [2.05, 4.69) is 19.2 Å². The summed E-state index contributed by atoms with van der Waals surface area (Å²) in [5.41, 5.74) is 1.41. The van der Waals surface area contributed by atoms with Crippen molar-refractivity contribution in [2.24, 2.45) is 0 Å². The smallest absolute Gasteiger partial charge is 0.314 e. The molecular formula is C15H21NO2. The van der Waals surface area contributed by atoms with E-state index in [1.165, 1.54) is 0 Å². The lowest BCUT2D eigenvalue weighted by Gasteiger charge is -2.16. The SMILES string of the molecule is CCCC(C)Nc1ccc(C2(C(=O)O)CC2)cc1. The van der Waals surface area contributed by atoms with Gasteiger partial charge in [-0.25, -0.2) is 0 Å². The molecule has 3 nitrogen and oxygen atoms in total. The summed E-state index contributed by atoms with van der Waals surface area (Å²) in [6, 6.07) is 8.33. The molecule has 98 valence electrons. The van der Waals surface area contributed by atoms with E-state index in [0.717, 1.165) is 36.9 Å². The van der Waals surface area contributed by atoms with Gasteiger partial charge in [0.05, 0.1) is 5.41 Å². The van der Waals surface area contributed by atoms with Crippen LogP contribution in [0.2, 0.25) is 0 Å². The zero-order chi connectivity index (χ0) is 13.2. The predicted octanol–water partition coefficient (Wildman–Crippen LogP) is 3.40. The first kappa shape index (κ1) is 12.9. The average Bonchev–Trinajstić information content (AvgIpc) is 3.11. The highest BCUT2D eigenvalue weighted by Gasteiger charge is 2.51. The van der Waals surface area contributed by atoms with Crippen LogP contribution in [0.4, 0.5) is 5.69 Å². The molecule has 1 aromatic carbocycles. The van der Waals surface area contributed by atoms with Crippen molar-refractivity contribution in [2.45, 2.75) is 51.0 Å². The molecule has 1 unspecified atom stereocenters. The van der Waals surface area contributed by atoms with Gasteiger partial charge in [-0.05, 0) is 43.9 Å². The van der Waals surface area contributed by atoms with Crippen molar-refractivity contribution in [3.63, 3.8) is 0 Å². The molecule has 1 saturated carbocycles. The molecule has 1 aliphatic carbocycles. The number of nitrogens with one attached hydrogen (secondary N) is 1. The van der Waals surface area contributed by atoms with Gasteiger partial charge in [-0.2, -0.15) is 0 Å². The standard InChI is InChI=1S/C15H21NO2/c1-3-4-11(2)16-13-7-5-12(6-8-13)15(9-10-15)14(17)18/h5-8,11,16H,3-4,9-10H2,1-2H3,(H,17,18). The number of carbonyl (C=O) groups is 1. The molecule has 0 aromatic heterocycles. The molecule has 18 heavy (non-hydrogen) atoms. The molecule has 1 fully saturated rings. The molecule has 3 heteroatoms. The van der Waals surface area contributed by atoms with Gasteiger partial charge in [0, 0.05) is 11.7 Å². The largest absolute Gasteiger partial charge is 0.481 e. The van der Waals surface area contributed by atoms with Gasteiger partial charge in [0.25, 0.3) is 0 Å². The van der Waals surface area contributed by atoms with Crippen molar-refractivity contribution in [3.8, 4) is 0 Å². The zero-order valence-corrected chi connectivity index (χ0v) is 11.1. The van der Waals surface area contributed by atoms with Gasteiger partial charge in [-0.3, -0.25) is 4.79 Å². The summed E-state index contributed by atoms with van der Waals surface area (Å²) in [4.78, 5) is 11.2. The number of benzene rings is 1. The minimum Gasteiger partial charge on any atom is -0.481 e. The first-order valence-electron chi connectivity index (χ1n) is 6.69. The lowest BCUT2D eigenvalue weighted by Crippen LogP contribution is -2.19. The summed E-state index contributed by atoms with van der Waals surface area (Å²) in [5, 5.41) is 12.6. The van der Waals surface area contributed by atoms with Crippen LogP contribution in [0.5, 0.6) is 0 Å². The number of carboxylic acids is 1. The minimum atomic E-state index is -0.692.